The summed E-state index contributed by atoms with van der Waals surface area (Å²) in [6, 6.07) is 27.2. The Hall–Kier alpha value is -4.82. The van der Waals surface area contributed by atoms with Crippen molar-refractivity contribution in [1.82, 2.24) is 9.88 Å². The van der Waals surface area contributed by atoms with Gasteiger partial charge in [0.1, 0.15) is 5.82 Å². The van der Waals surface area contributed by atoms with E-state index in [2.05, 4.69) is 40.2 Å². The molecule has 216 valence electrons. The molecule has 1 aliphatic heterocycles. The van der Waals surface area contributed by atoms with Crippen molar-refractivity contribution in [2.45, 2.75) is 19.8 Å². The van der Waals surface area contributed by atoms with Crippen LogP contribution in [-0.4, -0.2) is 58.8 Å². The van der Waals surface area contributed by atoms with Crippen LogP contribution in [0.3, 0.4) is 0 Å². The summed E-state index contributed by atoms with van der Waals surface area (Å²) in [6.45, 7) is 4.35. The molecule has 0 bridgehead atoms. The minimum atomic E-state index is -1.03. The van der Waals surface area contributed by atoms with E-state index < -0.39 is 5.97 Å². The van der Waals surface area contributed by atoms with Crippen LogP contribution in [0.2, 0.25) is 0 Å². The lowest BCUT2D eigenvalue weighted by molar-refractivity contribution is -0.130. The fraction of sp³-hybridized carbons (Fsp3) is 0.200. The summed E-state index contributed by atoms with van der Waals surface area (Å²) in [6.07, 6.45) is 2.12. The molecule has 1 aliphatic rings. The van der Waals surface area contributed by atoms with Crippen LogP contribution < -0.4 is 4.90 Å². The van der Waals surface area contributed by atoms with Crippen LogP contribution in [0.25, 0.3) is 21.2 Å². The molecule has 6 rings (SSSR count). The van der Waals surface area contributed by atoms with Crippen LogP contribution >= 0.6 is 11.3 Å². The Labute approximate surface area is 254 Å². The van der Waals surface area contributed by atoms with Gasteiger partial charge in [-0.2, -0.15) is 0 Å². The first kappa shape index (κ1) is 28.3. The van der Waals surface area contributed by atoms with Crippen LogP contribution in [0.5, 0.6) is 0 Å². The highest BCUT2D eigenvalue weighted by atomic mass is 32.1. The topological polar surface area (TPSA) is 90.8 Å². The zero-order chi connectivity index (χ0) is 29.9. The molecule has 1 saturated heterocycles. The maximum atomic E-state index is 13.3. The third-order valence-corrected chi connectivity index (χ3v) is 9.33. The zero-order valence-electron chi connectivity index (χ0n) is 23.8. The molecule has 5 aromatic rings. The van der Waals surface area contributed by atoms with E-state index in [4.69, 9.17) is 0 Å². The molecule has 1 N–H and O–H groups in total. The van der Waals surface area contributed by atoms with Crippen molar-refractivity contribution in [1.29, 1.82) is 0 Å². The average Bonchev–Trinajstić information content (AvgIpc) is 3.37. The number of Topliss-reactive ketones (excluding diaryl/α,β-unsaturated/α-hetero) is 1. The Morgan fingerprint density at radius 1 is 0.837 bits per heavy atom. The molecule has 3 aromatic carbocycles. The smallest absolute Gasteiger partial charge is 0.335 e. The first-order chi connectivity index (χ1) is 20.9. The van der Waals surface area contributed by atoms with Crippen molar-refractivity contribution < 1.29 is 19.5 Å². The summed E-state index contributed by atoms with van der Waals surface area (Å²) in [7, 11) is 0. The first-order valence-electron chi connectivity index (χ1n) is 14.3. The van der Waals surface area contributed by atoms with E-state index in [0.29, 0.717) is 31.7 Å². The molecule has 8 heteroatoms. The number of anilines is 1. The van der Waals surface area contributed by atoms with Gasteiger partial charge in [-0.15, -0.1) is 11.3 Å². The van der Waals surface area contributed by atoms with Crippen LogP contribution in [0.4, 0.5) is 5.82 Å². The van der Waals surface area contributed by atoms with Gasteiger partial charge in [0.15, 0.2) is 5.78 Å². The number of fused-ring (bicyclic) bond motifs is 1. The number of carboxylic acid groups (broad SMARTS) is 1. The van der Waals surface area contributed by atoms with E-state index in [-0.39, 0.29) is 30.1 Å². The van der Waals surface area contributed by atoms with E-state index in [9.17, 15) is 19.5 Å². The molecular formula is C35H31N3O4S. The quantitative estimate of drug-likeness (QED) is 0.214. The number of pyridine rings is 1. The van der Waals surface area contributed by atoms with Gasteiger partial charge in [-0.1, -0.05) is 60.7 Å². The zero-order valence-corrected chi connectivity index (χ0v) is 24.6. The largest absolute Gasteiger partial charge is 0.478 e. The van der Waals surface area contributed by atoms with Crippen LogP contribution in [0.15, 0.2) is 91.1 Å². The summed E-state index contributed by atoms with van der Waals surface area (Å²) >= 11 is 1.55. The number of hydrogen-bond acceptors (Lipinski definition) is 6. The van der Waals surface area contributed by atoms with Crippen molar-refractivity contribution >= 4 is 44.9 Å². The molecule has 0 aliphatic carbocycles. The second-order valence-corrected chi connectivity index (χ2v) is 11.8. The van der Waals surface area contributed by atoms with E-state index in [1.807, 2.05) is 37.3 Å². The molecule has 0 unspecified atom stereocenters. The molecular weight excluding hydrogens is 558 g/mol. The molecule has 3 heterocycles. The van der Waals surface area contributed by atoms with Gasteiger partial charge in [-0.05, 0) is 64.4 Å². The Bertz CT molecular complexity index is 1810. The minimum absolute atomic E-state index is 0.0664. The number of rotatable bonds is 8. The third kappa shape index (κ3) is 6.05. The number of aromatic nitrogens is 1. The van der Waals surface area contributed by atoms with Crippen LogP contribution in [-0.2, 0) is 17.6 Å². The number of thiophene rings is 1. The normalized spacial score (nSPS) is 13.3. The van der Waals surface area contributed by atoms with E-state index in [0.717, 1.165) is 43.0 Å². The lowest BCUT2D eigenvalue weighted by Crippen LogP contribution is -2.49. The highest BCUT2D eigenvalue weighted by molar-refractivity contribution is 7.21. The van der Waals surface area contributed by atoms with E-state index in [1.54, 1.807) is 40.6 Å². The van der Waals surface area contributed by atoms with E-state index in [1.165, 1.54) is 6.07 Å². The number of piperazine rings is 1. The predicted octanol–water partition coefficient (Wildman–Crippen LogP) is 6.29. The van der Waals surface area contributed by atoms with Crippen molar-refractivity contribution in [3.8, 4) is 11.1 Å². The maximum absolute atomic E-state index is 13.3. The van der Waals surface area contributed by atoms with Gasteiger partial charge in [-0.3, -0.25) is 9.59 Å². The molecule has 2 aromatic heterocycles. The number of ketones is 1. The lowest BCUT2D eigenvalue weighted by Gasteiger charge is -2.35. The number of benzene rings is 3. The number of amides is 1. The monoisotopic (exact) mass is 589 g/mol. The SMILES string of the molecule is Cc1c(C(=O)Cc2ccc(N3CCN(C(=O)Cc4ccccc4C(=O)O)CC3)nc2)sc2ccc(-c3ccccc3)cc12. The molecule has 1 amide bonds. The van der Waals surface area contributed by atoms with Crippen LogP contribution in [0, 0.1) is 6.92 Å². The number of carboxylic acids is 1. The average molecular weight is 590 g/mol. The molecule has 0 spiro atoms. The number of aryl methyl sites for hydroxylation is 1. The van der Waals surface area contributed by atoms with Crippen molar-refractivity contribution in [2.24, 2.45) is 0 Å². The Morgan fingerprint density at radius 3 is 2.30 bits per heavy atom. The van der Waals surface area contributed by atoms with Crippen molar-refractivity contribution in [2.75, 3.05) is 31.1 Å². The van der Waals surface area contributed by atoms with Gasteiger partial charge in [0, 0.05) is 43.5 Å². The summed E-state index contributed by atoms with van der Waals surface area (Å²) in [5, 5.41) is 10.5. The molecule has 43 heavy (non-hydrogen) atoms. The summed E-state index contributed by atoms with van der Waals surface area (Å²) in [5.74, 6) is -0.207. The van der Waals surface area contributed by atoms with Gasteiger partial charge < -0.3 is 14.9 Å². The number of carbonyl (C=O) groups is 3. The number of hydrogen-bond donors (Lipinski definition) is 1. The molecule has 0 radical (unpaired) electrons. The summed E-state index contributed by atoms with van der Waals surface area (Å²) in [5.41, 5.74) is 4.87. The second kappa shape index (κ2) is 12.2. The Kier molecular flexibility index (Phi) is 8.03. The number of aromatic carboxylic acids is 1. The van der Waals surface area contributed by atoms with Crippen LogP contribution in [0.1, 0.15) is 36.7 Å². The molecule has 7 nitrogen and oxygen atoms in total. The summed E-state index contributed by atoms with van der Waals surface area (Å²) in [4.78, 5) is 47.0. The van der Waals surface area contributed by atoms with Crippen molar-refractivity contribution in [3.63, 3.8) is 0 Å². The second-order valence-electron chi connectivity index (χ2n) is 10.8. The van der Waals surface area contributed by atoms with Gasteiger partial charge in [0.25, 0.3) is 0 Å². The van der Waals surface area contributed by atoms with Gasteiger partial charge in [0.2, 0.25) is 5.91 Å². The highest BCUT2D eigenvalue weighted by Crippen LogP contribution is 2.35. The third-order valence-electron chi connectivity index (χ3n) is 8.02. The standard InChI is InChI=1S/C35H31N3O4S/c1-23-29-20-26(25-7-3-2-4-8-25)12-13-31(29)43-34(23)30(39)19-24-11-14-32(36-22-24)37-15-17-38(18-16-37)33(40)21-27-9-5-6-10-28(27)35(41)42/h2-14,20,22H,15-19,21H2,1H3,(H,41,42). The predicted molar refractivity (Wildman–Crippen MR) is 170 cm³/mol. The van der Waals surface area contributed by atoms with Gasteiger partial charge >= 0.3 is 5.97 Å². The fourth-order valence-corrected chi connectivity index (χ4v) is 6.74. The lowest BCUT2D eigenvalue weighted by atomic mass is 10.0. The molecule has 0 saturated carbocycles. The fourth-order valence-electron chi connectivity index (χ4n) is 5.61. The Morgan fingerprint density at radius 2 is 1.58 bits per heavy atom. The number of carbonyl (C=O) groups excluding carboxylic acids is 2. The first-order valence-corrected chi connectivity index (χ1v) is 15.1. The molecule has 0 atom stereocenters. The minimum Gasteiger partial charge on any atom is -0.478 e. The molecule has 1 fully saturated rings. The summed E-state index contributed by atoms with van der Waals surface area (Å²) < 4.78 is 1.11. The van der Waals surface area contributed by atoms with Gasteiger partial charge in [0.05, 0.1) is 16.9 Å². The Balaban J connectivity index is 1.07. The van der Waals surface area contributed by atoms with Crippen molar-refractivity contribution in [3.05, 3.63) is 118 Å². The maximum Gasteiger partial charge on any atom is 0.335 e. The highest BCUT2D eigenvalue weighted by Gasteiger charge is 2.24. The number of nitrogens with zero attached hydrogens (tertiary/aromatic N) is 3. The van der Waals surface area contributed by atoms with Gasteiger partial charge in [-0.25, -0.2) is 9.78 Å². The van der Waals surface area contributed by atoms with E-state index >= 15 is 0 Å².